The fraction of sp³-hybridized carbons (Fsp3) is 0.600. The molecule has 0 aliphatic rings. The Labute approximate surface area is 85.0 Å². The summed E-state index contributed by atoms with van der Waals surface area (Å²) in [6.45, 7) is 7.20. The standard InChI is InChI=1S/C10H18N4/c1-4-7(2)6-12-9-5-8(3)13-10(11)14-9/h5,7H,4,6H2,1-3H3,(H3,11,12,13,14). The molecule has 0 aliphatic carbocycles. The summed E-state index contributed by atoms with van der Waals surface area (Å²) in [5.41, 5.74) is 6.43. The smallest absolute Gasteiger partial charge is 0.222 e. The second-order valence-corrected chi connectivity index (χ2v) is 3.65. The van der Waals surface area contributed by atoms with E-state index < -0.39 is 0 Å². The van der Waals surface area contributed by atoms with Gasteiger partial charge in [-0.25, -0.2) is 4.98 Å². The summed E-state index contributed by atoms with van der Waals surface area (Å²) in [6, 6.07) is 1.90. The van der Waals surface area contributed by atoms with Gasteiger partial charge in [0.2, 0.25) is 5.95 Å². The van der Waals surface area contributed by atoms with Crippen LogP contribution in [0.4, 0.5) is 11.8 Å². The summed E-state index contributed by atoms with van der Waals surface area (Å²) in [7, 11) is 0. The van der Waals surface area contributed by atoms with E-state index >= 15 is 0 Å². The first-order chi connectivity index (χ1) is 6.61. The molecule has 0 radical (unpaired) electrons. The Morgan fingerprint density at radius 3 is 2.79 bits per heavy atom. The van der Waals surface area contributed by atoms with Crippen molar-refractivity contribution in [2.75, 3.05) is 17.6 Å². The maximum atomic E-state index is 5.54. The number of rotatable bonds is 4. The van der Waals surface area contributed by atoms with Crippen LogP contribution in [0.3, 0.4) is 0 Å². The number of aromatic nitrogens is 2. The van der Waals surface area contributed by atoms with Crippen LogP contribution in [-0.4, -0.2) is 16.5 Å². The highest BCUT2D eigenvalue weighted by molar-refractivity contribution is 5.40. The molecule has 0 aliphatic heterocycles. The highest BCUT2D eigenvalue weighted by Crippen LogP contribution is 2.08. The van der Waals surface area contributed by atoms with Crippen molar-refractivity contribution in [1.82, 2.24) is 9.97 Å². The second kappa shape index (κ2) is 4.79. The lowest BCUT2D eigenvalue weighted by atomic mass is 10.1. The zero-order valence-electron chi connectivity index (χ0n) is 9.04. The van der Waals surface area contributed by atoms with Gasteiger partial charge in [-0.15, -0.1) is 0 Å². The average Bonchev–Trinajstić information content (AvgIpc) is 2.12. The number of hydrogen-bond donors (Lipinski definition) is 2. The molecule has 1 aromatic heterocycles. The quantitative estimate of drug-likeness (QED) is 0.767. The summed E-state index contributed by atoms with van der Waals surface area (Å²) in [5, 5.41) is 3.25. The van der Waals surface area contributed by atoms with Crippen LogP contribution >= 0.6 is 0 Å². The molecule has 0 bridgehead atoms. The minimum atomic E-state index is 0.330. The van der Waals surface area contributed by atoms with Gasteiger partial charge >= 0.3 is 0 Å². The van der Waals surface area contributed by atoms with Gasteiger partial charge in [-0.2, -0.15) is 4.98 Å². The predicted molar refractivity (Wildman–Crippen MR) is 59.1 cm³/mol. The monoisotopic (exact) mass is 194 g/mol. The molecule has 14 heavy (non-hydrogen) atoms. The molecule has 0 aromatic carbocycles. The van der Waals surface area contributed by atoms with Crippen molar-refractivity contribution in [3.63, 3.8) is 0 Å². The maximum absolute atomic E-state index is 5.54. The van der Waals surface area contributed by atoms with Gasteiger partial charge in [0.15, 0.2) is 0 Å². The molecule has 4 nitrogen and oxygen atoms in total. The van der Waals surface area contributed by atoms with Gasteiger partial charge in [-0.1, -0.05) is 20.3 Å². The Balaban J connectivity index is 2.58. The van der Waals surface area contributed by atoms with Crippen molar-refractivity contribution < 1.29 is 0 Å². The van der Waals surface area contributed by atoms with E-state index in [1.165, 1.54) is 0 Å². The molecule has 0 amide bonds. The number of aryl methyl sites for hydroxylation is 1. The molecule has 4 heteroatoms. The van der Waals surface area contributed by atoms with Gasteiger partial charge in [-0.3, -0.25) is 0 Å². The summed E-state index contributed by atoms with van der Waals surface area (Å²) >= 11 is 0. The first-order valence-electron chi connectivity index (χ1n) is 4.96. The van der Waals surface area contributed by atoms with Crippen LogP contribution < -0.4 is 11.1 Å². The fourth-order valence-electron chi connectivity index (χ4n) is 1.11. The number of anilines is 2. The Bertz CT molecular complexity index is 278. The van der Waals surface area contributed by atoms with E-state index in [0.717, 1.165) is 24.5 Å². The Morgan fingerprint density at radius 1 is 1.50 bits per heavy atom. The van der Waals surface area contributed by atoms with E-state index in [0.29, 0.717) is 11.9 Å². The van der Waals surface area contributed by atoms with Crippen LogP contribution in [0.5, 0.6) is 0 Å². The van der Waals surface area contributed by atoms with E-state index in [1.807, 2.05) is 13.0 Å². The second-order valence-electron chi connectivity index (χ2n) is 3.65. The lowest BCUT2D eigenvalue weighted by molar-refractivity contribution is 0.592. The van der Waals surface area contributed by atoms with Crippen molar-refractivity contribution in [1.29, 1.82) is 0 Å². The predicted octanol–water partition coefficient (Wildman–Crippen LogP) is 1.83. The number of nitrogen functional groups attached to an aromatic ring is 1. The molecule has 1 rings (SSSR count). The first kappa shape index (κ1) is 10.8. The Hall–Kier alpha value is -1.32. The fourth-order valence-corrected chi connectivity index (χ4v) is 1.11. The molecule has 0 saturated heterocycles. The molecule has 1 atom stereocenters. The minimum Gasteiger partial charge on any atom is -0.370 e. The van der Waals surface area contributed by atoms with Gasteiger partial charge in [0.1, 0.15) is 5.82 Å². The van der Waals surface area contributed by atoms with Crippen LogP contribution in [0.1, 0.15) is 26.0 Å². The molecule has 1 unspecified atom stereocenters. The molecular weight excluding hydrogens is 176 g/mol. The summed E-state index contributed by atoms with van der Waals surface area (Å²) in [6.07, 6.45) is 1.16. The average molecular weight is 194 g/mol. The summed E-state index contributed by atoms with van der Waals surface area (Å²) < 4.78 is 0. The van der Waals surface area contributed by atoms with E-state index in [9.17, 15) is 0 Å². The number of hydrogen-bond acceptors (Lipinski definition) is 4. The zero-order valence-corrected chi connectivity index (χ0v) is 9.04. The maximum Gasteiger partial charge on any atom is 0.222 e. The van der Waals surface area contributed by atoms with Crippen molar-refractivity contribution >= 4 is 11.8 Å². The van der Waals surface area contributed by atoms with Crippen LogP contribution in [0.15, 0.2) is 6.07 Å². The highest BCUT2D eigenvalue weighted by atomic mass is 15.1. The number of nitrogens with two attached hydrogens (primary N) is 1. The zero-order chi connectivity index (χ0) is 10.6. The third-order valence-corrected chi connectivity index (χ3v) is 2.20. The van der Waals surface area contributed by atoms with Gasteiger partial charge in [0.25, 0.3) is 0 Å². The lowest BCUT2D eigenvalue weighted by Gasteiger charge is -2.10. The molecule has 0 saturated carbocycles. The van der Waals surface area contributed by atoms with Crippen molar-refractivity contribution in [3.8, 4) is 0 Å². The van der Waals surface area contributed by atoms with Gasteiger partial charge in [-0.05, 0) is 12.8 Å². The molecule has 0 fully saturated rings. The van der Waals surface area contributed by atoms with Crippen molar-refractivity contribution in [2.45, 2.75) is 27.2 Å². The molecular formula is C10H18N4. The summed E-state index contributed by atoms with van der Waals surface area (Å²) in [4.78, 5) is 8.10. The Kier molecular flexibility index (Phi) is 3.68. The minimum absolute atomic E-state index is 0.330. The largest absolute Gasteiger partial charge is 0.370 e. The molecule has 0 spiro atoms. The van der Waals surface area contributed by atoms with Crippen LogP contribution in [0.2, 0.25) is 0 Å². The topological polar surface area (TPSA) is 63.8 Å². The number of nitrogens with zero attached hydrogens (tertiary/aromatic N) is 2. The first-order valence-corrected chi connectivity index (χ1v) is 4.96. The highest BCUT2D eigenvalue weighted by Gasteiger charge is 2.01. The molecule has 3 N–H and O–H groups in total. The van der Waals surface area contributed by atoms with E-state index in [1.54, 1.807) is 0 Å². The third kappa shape index (κ3) is 3.20. The molecule has 1 heterocycles. The molecule has 1 aromatic rings. The SMILES string of the molecule is CCC(C)CNc1cc(C)nc(N)n1. The molecule has 78 valence electrons. The third-order valence-electron chi connectivity index (χ3n) is 2.20. The van der Waals surface area contributed by atoms with Gasteiger partial charge in [0, 0.05) is 18.3 Å². The van der Waals surface area contributed by atoms with Crippen molar-refractivity contribution in [2.24, 2.45) is 5.92 Å². The van der Waals surface area contributed by atoms with Gasteiger partial charge < -0.3 is 11.1 Å². The van der Waals surface area contributed by atoms with E-state index in [4.69, 9.17) is 5.73 Å². The number of nitrogens with one attached hydrogen (secondary N) is 1. The normalized spacial score (nSPS) is 12.5. The van der Waals surface area contributed by atoms with E-state index in [2.05, 4.69) is 29.1 Å². The summed E-state index contributed by atoms with van der Waals surface area (Å²) in [5.74, 6) is 1.79. The van der Waals surface area contributed by atoms with Crippen LogP contribution in [-0.2, 0) is 0 Å². The van der Waals surface area contributed by atoms with Crippen LogP contribution in [0, 0.1) is 12.8 Å². The van der Waals surface area contributed by atoms with E-state index in [-0.39, 0.29) is 0 Å². The van der Waals surface area contributed by atoms with Crippen molar-refractivity contribution in [3.05, 3.63) is 11.8 Å². The Morgan fingerprint density at radius 2 is 2.21 bits per heavy atom. The lowest BCUT2D eigenvalue weighted by Crippen LogP contribution is -2.12. The van der Waals surface area contributed by atoms with Crippen LogP contribution in [0.25, 0.3) is 0 Å². The van der Waals surface area contributed by atoms with Gasteiger partial charge in [0.05, 0.1) is 0 Å².